The first-order valence-electron chi connectivity index (χ1n) is 5.07. The molecule has 0 radical (unpaired) electrons. The van der Waals surface area contributed by atoms with Gasteiger partial charge in [0.15, 0.2) is 5.84 Å². The van der Waals surface area contributed by atoms with E-state index in [1.54, 1.807) is 0 Å². The van der Waals surface area contributed by atoms with Crippen LogP contribution in [0.5, 0.6) is 0 Å². The number of carbonyl (C=O) groups excluding carboxylic acids is 1. The summed E-state index contributed by atoms with van der Waals surface area (Å²) in [4.78, 5) is 20.9. The zero-order valence-electron chi connectivity index (χ0n) is 10.1. The maximum atomic E-state index is 13.1. The van der Waals surface area contributed by atoms with Crippen LogP contribution < -0.4 is 4.90 Å². The topological polar surface area (TPSA) is 144 Å². The van der Waals surface area contributed by atoms with Gasteiger partial charge in [-0.3, -0.25) is 15.1 Å². The number of nitrogens with zero attached hydrogens (tertiary/aromatic N) is 3. The van der Waals surface area contributed by atoms with E-state index in [4.69, 9.17) is 16.0 Å². The van der Waals surface area contributed by atoms with Crippen molar-refractivity contribution in [3.63, 3.8) is 0 Å². The van der Waals surface area contributed by atoms with Gasteiger partial charge in [-0.25, -0.2) is 4.39 Å². The molecule has 1 aromatic carbocycles. The Morgan fingerprint density at radius 1 is 1.52 bits per heavy atom. The smallest absolute Gasteiger partial charge is 0.389 e. The summed E-state index contributed by atoms with van der Waals surface area (Å²) in [5.41, 5.74) is -1.03. The summed E-state index contributed by atoms with van der Waals surface area (Å²) >= 11 is 2.88. The molecule has 0 bridgehead atoms. The van der Waals surface area contributed by atoms with E-state index in [1.165, 1.54) is 0 Å². The molecule has 0 aliphatic carbocycles. The highest BCUT2D eigenvalue weighted by Crippen LogP contribution is 2.22. The Labute approximate surface area is 125 Å². The van der Waals surface area contributed by atoms with Gasteiger partial charge in [-0.05, 0) is 39.1 Å². The predicted molar refractivity (Wildman–Crippen MR) is 74.3 cm³/mol. The molecule has 1 aromatic rings. The third-order valence-corrected chi connectivity index (χ3v) is 2.87. The molecule has 0 aromatic heterocycles. The highest BCUT2D eigenvalue weighted by atomic mass is 79.9. The number of rotatable bonds is 4. The molecule has 0 spiro atoms. The van der Waals surface area contributed by atoms with E-state index in [-0.39, 0.29) is 16.6 Å². The zero-order chi connectivity index (χ0) is 16.2. The van der Waals surface area contributed by atoms with Crippen LogP contribution in [0, 0.1) is 26.8 Å². The normalized spacial score (nSPS) is 10.9. The lowest BCUT2D eigenvalue weighted by atomic mass is 10.2. The Kier molecular flexibility index (Phi) is 5.18. The molecule has 0 saturated carbocycles. The van der Waals surface area contributed by atoms with Crippen molar-refractivity contribution in [1.29, 1.82) is 10.8 Å². The molecule has 0 heterocycles. The van der Waals surface area contributed by atoms with Crippen molar-refractivity contribution >= 4 is 45.4 Å². The number of halogens is 2. The fourth-order valence-electron chi connectivity index (χ4n) is 1.28. The van der Waals surface area contributed by atoms with Crippen molar-refractivity contribution in [3.05, 3.63) is 38.6 Å². The van der Waals surface area contributed by atoms with Crippen LogP contribution in [0.4, 0.5) is 10.1 Å². The van der Waals surface area contributed by atoms with Gasteiger partial charge in [-0.15, -0.1) is 0 Å². The lowest BCUT2D eigenvalue weighted by molar-refractivity contribution is -0.347. The van der Waals surface area contributed by atoms with E-state index in [2.05, 4.69) is 21.1 Å². The summed E-state index contributed by atoms with van der Waals surface area (Å²) < 4.78 is 13.1. The summed E-state index contributed by atoms with van der Waals surface area (Å²) in [5, 5.41) is 36.4. The van der Waals surface area contributed by atoms with Gasteiger partial charge in [0.05, 0.1) is 10.2 Å². The van der Waals surface area contributed by atoms with Crippen LogP contribution in [0.1, 0.15) is 0 Å². The molecule has 11 heteroatoms. The standard InChI is InChI=1S/C10H7BrFN5O4/c11-6-3-5(1-2-7(6)12)16(4-18)9(13)8(15-19)10(14)17(20)21/h1-4,13-14,19H/b13-9?,14-10?,15-8-. The predicted octanol–water partition coefficient (Wildman–Crippen LogP) is 1.61. The highest BCUT2D eigenvalue weighted by molar-refractivity contribution is 9.10. The van der Waals surface area contributed by atoms with E-state index in [0.717, 1.165) is 18.2 Å². The molecule has 1 rings (SSSR count). The average molecular weight is 360 g/mol. The molecule has 0 aliphatic rings. The number of nitro groups is 1. The fraction of sp³-hybridized carbons (Fsp3) is 0. The third kappa shape index (κ3) is 3.45. The second kappa shape index (κ2) is 6.65. The van der Waals surface area contributed by atoms with E-state index in [1.807, 2.05) is 0 Å². The summed E-state index contributed by atoms with van der Waals surface area (Å²) in [5.74, 6) is -2.89. The molecule has 0 aliphatic heterocycles. The minimum absolute atomic E-state index is 0.00788. The van der Waals surface area contributed by atoms with Gasteiger partial charge in [0.1, 0.15) is 5.82 Å². The van der Waals surface area contributed by atoms with Crippen molar-refractivity contribution < 1.29 is 19.3 Å². The van der Waals surface area contributed by atoms with Crippen molar-refractivity contribution in [3.8, 4) is 0 Å². The number of hydrogen-bond acceptors (Lipinski definition) is 7. The Bertz CT molecular complexity index is 663. The van der Waals surface area contributed by atoms with E-state index < -0.39 is 28.1 Å². The van der Waals surface area contributed by atoms with E-state index in [9.17, 15) is 19.3 Å². The molecule has 0 fully saturated rings. The number of amidine groups is 2. The van der Waals surface area contributed by atoms with Gasteiger partial charge in [-0.1, -0.05) is 10.6 Å². The van der Waals surface area contributed by atoms with Gasteiger partial charge in [0.2, 0.25) is 12.1 Å². The number of carbonyl (C=O) groups is 1. The first-order chi connectivity index (χ1) is 9.83. The first kappa shape index (κ1) is 16.4. The number of nitrogens with one attached hydrogen (secondary N) is 2. The molecule has 0 unspecified atom stereocenters. The van der Waals surface area contributed by atoms with Crippen LogP contribution in [0.25, 0.3) is 0 Å². The number of oxime groups is 1. The summed E-state index contributed by atoms with van der Waals surface area (Å²) in [7, 11) is 0. The van der Waals surface area contributed by atoms with Crippen LogP contribution in [0.3, 0.4) is 0 Å². The number of amides is 1. The van der Waals surface area contributed by atoms with Crippen molar-refractivity contribution in [2.45, 2.75) is 0 Å². The summed E-state index contributed by atoms with van der Waals surface area (Å²) in [6.07, 6.45) is 0.112. The van der Waals surface area contributed by atoms with Crippen LogP contribution in [-0.4, -0.2) is 33.9 Å². The molecule has 21 heavy (non-hydrogen) atoms. The Morgan fingerprint density at radius 2 is 2.14 bits per heavy atom. The van der Waals surface area contributed by atoms with Gasteiger partial charge in [-0.2, -0.15) is 0 Å². The fourth-order valence-corrected chi connectivity index (χ4v) is 1.65. The Morgan fingerprint density at radius 3 is 2.57 bits per heavy atom. The summed E-state index contributed by atoms with van der Waals surface area (Å²) in [6, 6.07) is 3.27. The third-order valence-electron chi connectivity index (χ3n) is 2.26. The SMILES string of the molecule is N=C(/C(=N/O)C(=N)[N+](=O)[O-])N(C=O)c1ccc(F)c(Br)c1. The first-order valence-corrected chi connectivity index (χ1v) is 5.86. The molecular weight excluding hydrogens is 353 g/mol. The molecule has 9 nitrogen and oxygen atoms in total. The monoisotopic (exact) mass is 359 g/mol. The maximum Gasteiger partial charge on any atom is 0.389 e. The molecular formula is C10H7BrFN5O4. The van der Waals surface area contributed by atoms with E-state index in [0.29, 0.717) is 4.90 Å². The Hall–Kier alpha value is -2.69. The van der Waals surface area contributed by atoms with Gasteiger partial charge in [0.25, 0.3) is 0 Å². The minimum atomic E-state index is -1.37. The lowest BCUT2D eigenvalue weighted by Crippen LogP contribution is -2.41. The quantitative estimate of drug-likeness (QED) is 0.187. The van der Waals surface area contributed by atoms with Gasteiger partial charge < -0.3 is 15.3 Å². The van der Waals surface area contributed by atoms with Gasteiger partial charge in [0, 0.05) is 0 Å². The van der Waals surface area contributed by atoms with Crippen LogP contribution in [0.2, 0.25) is 0 Å². The zero-order valence-corrected chi connectivity index (χ0v) is 11.7. The minimum Gasteiger partial charge on any atom is -0.410 e. The molecule has 0 atom stereocenters. The number of hydrogen-bond donors (Lipinski definition) is 3. The molecule has 3 N–H and O–H groups in total. The van der Waals surface area contributed by atoms with Crippen molar-refractivity contribution in [1.82, 2.24) is 0 Å². The summed E-state index contributed by atoms with van der Waals surface area (Å²) in [6.45, 7) is 0. The van der Waals surface area contributed by atoms with Crippen molar-refractivity contribution in [2.24, 2.45) is 5.16 Å². The maximum absolute atomic E-state index is 13.1. The van der Waals surface area contributed by atoms with E-state index >= 15 is 0 Å². The number of anilines is 1. The van der Waals surface area contributed by atoms with Crippen molar-refractivity contribution in [2.75, 3.05) is 4.90 Å². The number of benzene rings is 1. The largest absolute Gasteiger partial charge is 0.410 e. The highest BCUT2D eigenvalue weighted by Gasteiger charge is 2.28. The van der Waals surface area contributed by atoms with Crippen LogP contribution in [-0.2, 0) is 4.79 Å². The molecule has 1 amide bonds. The second-order valence-electron chi connectivity index (χ2n) is 3.48. The lowest BCUT2D eigenvalue weighted by Gasteiger charge is -2.17. The van der Waals surface area contributed by atoms with Gasteiger partial charge >= 0.3 is 5.84 Å². The van der Waals surface area contributed by atoms with Crippen LogP contribution in [0.15, 0.2) is 27.8 Å². The molecule has 0 saturated heterocycles. The van der Waals surface area contributed by atoms with Crippen LogP contribution >= 0.6 is 15.9 Å². The average Bonchev–Trinajstić information content (AvgIpc) is 2.44. The Balaban J connectivity index is 3.23. The second-order valence-corrected chi connectivity index (χ2v) is 4.33. The molecule has 110 valence electrons.